The summed E-state index contributed by atoms with van der Waals surface area (Å²) in [5, 5.41) is 8.67. The van der Waals surface area contributed by atoms with Gasteiger partial charge in [-0.1, -0.05) is 11.8 Å². The Morgan fingerprint density at radius 2 is 2.37 bits per heavy atom. The molecule has 0 saturated carbocycles. The van der Waals surface area contributed by atoms with Crippen molar-refractivity contribution in [2.75, 3.05) is 13.2 Å². The molecule has 1 aromatic rings. The maximum atomic E-state index is 8.67. The van der Waals surface area contributed by atoms with Crippen LogP contribution in [0, 0.1) is 11.8 Å². The van der Waals surface area contributed by atoms with Crippen molar-refractivity contribution in [1.82, 2.24) is 4.98 Å². The summed E-state index contributed by atoms with van der Waals surface area (Å²) in [7, 11) is 0. The van der Waals surface area contributed by atoms with Gasteiger partial charge >= 0.3 is 0 Å². The molecule has 0 aromatic carbocycles. The van der Waals surface area contributed by atoms with E-state index in [2.05, 4.69) is 23.7 Å². The number of aliphatic hydroxyl groups is 1. The zero-order chi connectivity index (χ0) is 13.5. The van der Waals surface area contributed by atoms with Crippen molar-refractivity contribution >= 4 is 0 Å². The highest BCUT2D eigenvalue weighted by atomic mass is 16.5. The van der Waals surface area contributed by atoms with Gasteiger partial charge in [0.05, 0.1) is 25.0 Å². The van der Waals surface area contributed by atoms with Crippen molar-refractivity contribution in [2.24, 2.45) is 0 Å². The van der Waals surface area contributed by atoms with Gasteiger partial charge < -0.3 is 14.6 Å². The molecule has 2 atom stereocenters. The Kier molecular flexibility index (Phi) is 5.20. The van der Waals surface area contributed by atoms with Crippen LogP contribution >= 0.6 is 0 Å². The Morgan fingerprint density at radius 3 is 3.11 bits per heavy atom. The molecule has 1 aliphatic rings. The second-order valence-electron chi connectivity index (χ2n) is 4.64. The number of aliphatic hydroxyl groups excluding tert-OH is 1. The number of ether oxygens (including phenoxy) is 2. The van der Waals surface area contributed by atoms with E-state index in [0.29, 0.717) is 24.9 Å². The summed E-state index contributed by atoms with van der Waals surface area (Å²) in [6, 6.07) is 1.86. The largest absolute Gasteiger partial charge is 0.489 e. The molecule has 1 aromatic heterocycles. The number of pyridine rings is 1. The number of hydrogen-bond donors (Lipinski definition) is 1. The Balaban J connectivity index is 1.87. The Labute approximate surface area is 113 Å². The van der Waals surface area contributed by atoms with Crippen LogP contribution in [0.15, 0.2) is 18.5 Å². The highest BCUT2D eigenvalue weighted by molar-refractivity contribution is 5.36. The fraction of sp³-hybridized carbons (Fsp3) is 0.533. The van der Waals surface area contributed by atoms with Crippen LogP contribution in [0.4, 0.5) is 0 Å². The minimum absolute atomic E-state index is 0.0772. The molecular formula is C15H19NO3. The molecule has 4 nitrogen and oxygen atoms in total. The molecule has 2 rings (SSSR count). The number of rotatable bonds is 4. The summed E-state index contributed by atoms with van der Waals surface area (Å²) in [5.74, 6) is 6.51. The maximum absolute atomic E-state index is 8.67. The molecule has 0 radical (unpaired) electrons. The molecule has 1 fully saturated rings. The molecule has 0 aliphatic carbocycles. The Bertz CT molecular complexity index is 464. The van der Waals surface area contributed by atoms with E-state index in [4.69, 9.17) is 14.6 Å². The number of nitrogens with zero attached hydrogens (tertiary/aromatic N) is 1. The average Bonchev–Trinajstić information content (AvgIpc) is 2.83. The van der Waals surface area contributed by atoms with Crippen molar-refractivity contribution in [2.45, 2.75) is 38.4 Å². The van der Waals surface area contributed by atoms with E-state index in [0.717, 1.165) is 18.4 Å². The van der Waals surface area contributed by atoms with Crippen molar-refractivity contribution in [3.05, 3.63) is 24.0 Å². The Morgan fingerprint density at radius 1 is 1.47 bits per heavy atom. The molecule has 2 unspecified atom stereocenters. The fourth-order valence-corrected chi connectivity index (χ4v) is 1.98. The van der Waals surface area contributed by atoms with E-state index in [9.17, 15) is 0 Å². The second-order valence-corrected chi connectivity index (χ2v) is 4.64. The third-order valence-electron chi connectivity index (χ3n) is 2.94. The van der Waals surface area contributed by atoms with Gasteiger partial charge in [-0.2, -0.15) is 0 Å². The lowest BCUT2D eigenvalue weighted by Crippen LogP contribution is -2.17. The lowest BCUT2D eigenvalue weighted by molar-refractivity contribution is 0.0264. The first-order valence-electron chi connectivity index (χ1n) is 6.61. The molecule has 0 amide bonds. The van der Waals surface area contributed by atoms with Crippen molar-refractivity contribution in [3.63, 3.8) is 0 Å². The third-order valence-corrected chi connectivity index (χ3v) is 2.94. The third kappa shape index (κ3) is 4.55. The van der Waals surface area contributed by atoms with E-state index in [1.54, 1.807) is 12.4 Å². The highest BCUT2D eigenvalue weighted by Gasteiger charge is 2.22. The van der Waals surface area contributed by atoms with Crippen molar-refractivity contribution < 1.29 is 14.6 Å². The molecule has 1 saturated heterocycles. The van der Waals surface area contributed by atoms with Crippen LogP contribution in [0.5, 0.6) is 5.75 Å². The Hall–Kier alpha value is -1.57. The first-order chi connectivity index (χ1) is 9.28. The summed E-state index contributed by atoms with van der Waals surface area (Å²) in [4.78, 5) is 4.09. The lowest BCUT2D eigenvalue weighted by atomic mass is 10.2. The fourth-order valence-electron chi connectivity index (χ4n) is 1.98. The van der Waals surface area contributed by atoms with E-state index in [-0.39, 0.29) is 12.7 Å². The minimum atomic E-state index is 0.0772. The van der Waals surface area contributed by atoms with Crippen LogP contribution in [-0.2, 0) is 4.74 Å². The van der Waals surface area contributed by atoms with Gasteiger partial charge in [0.2, 0.25) is 0 Å². The van der Waals surface area contributed by atoms with E-state index >= 15 is 0 Å². The normalized spacial score (nSPS) is 21.8. The quantitative estimate of drug-likeness (QED) is 0.839. The van der Waals surface area contributed by atoms with Crippen LogP contribution < -0.4 is 4.74 Å². The predicted molar refractivity (Wildman–Crippen MR) is 71.9 cm³/mol. The van der Waals surface area contributed by atoms with E-state index in [1.165, 1.54) is 0 Å². The van der Waals surface area contributed by atoms with Gasteiger partial charge in [-0.05, 0) is 25.8 Å². The van der Waals surface area contributed by atoms with Crippen LogP contribution in [0.25, 0.3) is 0 Å². The van der Waals surface area contributed by atoms with Crippen LogP contribution in [0.2, 0.25) is 0 Å². The smallest absolute Gasteiger partial charge is 0.138 e. The van der Waals surface area contributed by atoms with Gasteiger partial charge in [-0.25, -0.2) is 0 Å². The molecule has 19 heavy (non-hydrogen) atoms. The predicted octanol–water partition coefficient (Wildman–Crippen LogP) is 1.76. The van der Waals surface area contributed by atoms with Crippen LogP contribution in [0.1, 0.15) is 31.7 Å². The van der Waals surface area contributed by atoms with Gasteiger partial charge in [-0.3, -0.25) is 4.98 Å². The van der Waals surface area contributed by atoms with Gasteiger partial charge in [0.25, 0.3) is 0 Å². The molecule has 102 valence electrons. The molecular weight excluding hydrogens is 242 g/mol. The molecule has 1 N–H and O–H groups in total. The zero-order valence-electron chi connectivity index (χ0n) is 11.1. The van der Waals surface area contributed by atoms with E-state index in [1.807, 2.05) is 6.07 Å². The zero-order valence-corrected chi connectivity index (χ0v) is 11.1. The molecule has 2 heterocycles. The standard InChI is InChI=1S/C15H19NO3/c1-12-5-6-14(19-12)11-18-15-8-13(9-16-10-15)4-2-3-7-17/h8-10,12,14,17H,3,5-7,11H2,1H3. The SMILES string of the molecule is CC1CCC(COc2cncc(C#CCCO)c2)O1. The maximum Gasteiger partial charge on any atom is 0.138 e. The molecule has 4 heteroatoms. The van der Waals surface area contributed by atoms with Gasteiger partial charge in [0, 0.05) is 18.2 Å². The monoisotopic (exact) mass is 261 g/mol. The summed E-state index contributed by atoms with van der Waals surface area (Å²) < 4.78 is 11.4. The summed E-state index contributed by atoms with van der Waals surface area (Å²) >= 11 is 0. The van der Waals surface area contributed by atoms with Crippen LogP contribution in [-0.4, -0.2) is 35.5 Å². The van der Waals surface area contributed by atoms with E-state index < -0.39 is 0 Å². The number of aromatic nitrogens is 1. The van der Waals surface area contributed by atoms with Crippen molar-refractivity contribution in [3.8, 4) is 17.6 Å². The van der Waals surface area contributed by atoms with Gasteiger partial charge in [0.15, 0.2) is 0 Å². The first kappa shape index (κ1) is 13.9. The lowest BCUT2D eigenvalue weighted by Gasteiger charge is -2.12. The summed E-state index contributed by atoms with van der Waals surface area (Å²) in [5.41, 5.74) is 0.798. The first-order valence-corrected chi connectivity index (χ1v) is 6.61. The highest BCUT2D eigenvalue weighted by Crippen LogP contribution is 2.20. The molecule has 1 aliphatic heterocycles. The molecule has 0 bridgehead atoms. The van der Waals surface area contributed by atoms with Crippen LogP contribution in [0.3, 0.4) is 0 Å². The topological polar surface area (TPSA) is 51.6 Å². The summed E-state index contributed by atoms with van der Waals surface area (Å²) in [6.07, 6.45) is 6.49. The average molecular weight is 261 g/mol. The van der Waals surface area contributed by atoms with Gasteiger partial charge in [0.1, 0.15) is 12.4 Å². The minimum Gasteiger partial charge on any atom is -0.489 e. The second kappa shape index (κ2) is 7.13. The summed E-state index contributed by atoms with van der Waals surface area (Å²) in [6.45, 7) is 2.71. The van der Waals surface area contributed by atoms with Gasteiger partial charge in [-0.15, -0.1) is 0 Å². The van der Waals surface area contributed by atoms with Crippen molar-refractivity contribution in [1.29, 1.82) is 0 Å². The number of hydrogen-bond acceptors (Lipinski definition) is 4. The molecule has 0 spiro atoms.